The molecule has 1 aromatic carbocycles. The lowest BCUT2D eigenvalue weighted by molar-refractivity contribution is -0.273. The van der Waals surface area contributed by atoms with Gasteiger partial charge >= 0.3 is 0 Å². The number of hydrogen-bond acceptors (Lipinski definition) is 6. The number of amides is 1. The van der Waals surface area contributed by atoms with Gasteiger partial charge in [-0.1, -0.05) is 30.3 Å². The highest BCUT2D eigenvalue weighted by Crippen LogP contribution is 2.23. The topological polar surface area (TPSA) is 108 Å². The molecule has 122 valence electrons. The molecular weight excluding hydrogens is 290 g/mol. The van der Waals surface area contributed by atoms with Crippen LogP contribution in [0.15, 0.2) is 30.3 Å². The van der Waals surface area contributed by atoms with E-state index in [1.165, 1.54) is 6.92 Å². The van der Waals surface area contributed by atoms with Crippen LogP contribution in [0.5, 0.6) is 0 Å². The zero-order chi connectivity index (χ0) is 16.1. The van der Waals surface area contributed by atoms with Crippen molar-refractivity contribution in [3.63, 3.8) is 0 Å². The number of aliphatic hydroxyl groups is 3. The summed E-state index contributed by atoms with van der Waals surface area (Å²) in [6.45, 7) is 1.05. The summed E-state index contributed by atoms with van der Waals surface area (Å²) in [4.78, 5) is 11.3. The minimum atomic E-state index is -1.31. The first-order valence-electron chi connectivity index (χ1n) is 7.08. The van der Waals surface area contributed by atoms with Gasteiger partial charge in [0.25, 0.3) is 0 Å². The highest BCUT2D eigenvalue weighted by molar-refractivity contribution is 5.73. The van der Waals surface area contributed by atoms with Crippen LogP contribution >= 0.6 is 0 Å². The summed E-state index contributed by atoms with van der Waals surface area (Å²) in [5.74, 6) is -0.379. The van der Waals surface area contributed by atoms with Crippen LogP contribution in [-0.2, 0) is 20.9 Å². The van der Waals surface area contributed by atoms with Crippen molar-refractivity contribution in [2.24, 2.45) is 0 Å². The van der Waals surface area contributed by atoms with Crippen molar-refractivity contribution in [3.8, 4) is 0 Å². The minimum Gasteiger partial charge on any atom is -0.394 e. The summed E-state index contributed by atoms with van der Waals surface area (Å²) in [5.41, 5.74) is 0.897. The van der Waals surface area contributed by atoms with Crippen molar-refractivity contribution >= 4 is 5.91 Å². The van der Waals surface area contributed by atoms with Gasteiger partial charge in [0.1, 0.15) is 24.4 Å². The highest BCUT2D eigenvalue weighted by atomic mass is 16.7. The molecule has 0 radical (unpaired) electrons. The van der Waals surface area contributed by atoms with Crippen LogP contribution in [0.2, 0.25) is 0 Å². The van der Waals surface area contributed by atoms with Crippen LogP contribution in [0.4, 0.5) is 0 Å². The summed E-state index contributed by atoms with van der Waals surface area (Å²) in [5, 5.41) is 31.7. The molecule has 1 saturated heterocycles. The predicted octanol–water partition coefficient (Wildman–Crippen LogP) is -0.853. The van der Waals surface area contributed by atoms with Crippen molar-refractivity contribution in [2.75, 3.05) is 6.61 Å². The first-order chi connectivity index (χ1) is 10.5. The normalized spacial score (nSPS) is 31.7. The molecule has 5 atom stereocenters. The third-order valence-electron chi connectivity index (χ3n) is 3.51. The molecule has 22 heavy (non-hydrogen) atoms. The third kappa shape index (κ3) is 4.02. The summed E-state index contributed by atoms with van der Waals surface area (Å²) in [6.07, 6.45) is -4.55. The third-order valence-corrected chi connectivity index (χ3v) is 3.51. The summed E-state index contributed by atoms with van der Waals surface area (Å²) >= 11 is 0. The molecule has 1 aromatic rings. The number of aliphatic hydroxyl groups excluding tert-OH is 3. The van der Waals surface area contributed by atoms with Gasteiger partial charge in [-0.2, -0.15) is 0 Å². The van der Waals surface area contributed by atoms with Crippen molar-refractivity contribution < 1.29 is 29.6 Å². The fourth-order valence-corrected chi connectivity index (χ4v) is 2.37. The molecule has 1 fully saturated rings. The Bertz CT molecular complexity index is 482. The van der Waals surface area contributed by atoms with E-state index in [-0.39, 0.29) is 12.5 Å². The standard InChI is InChI=1S/C15H21NO6/c1-9(18)16-12-14(20)13(19)11(7-17)22-15(12)21-8-10-5-3-2-4-6-10/h2-6,11-15,17,19-20H,7-8H2,1H3,(H,16,18)/t11-,12-,13-,14-,15?/m1/s1. The van der Waals surface area contributed by atoms with E-state index in [1.807, 2.05) is 30.3 Å². The van der Waals surface area contributed by atoms with Gasteiger partial charge in [-0.15, -0.1) is 0 Å². The molecule has 7 heteroatoms. The van der Waals surface area contributed by atoms with Gasteiger partial charge in [-0.3, -0.25) is 4.79 Å². The van der Waals surface area contributed by atoms with Gasteiger partial charge in [-0.05, 0) is 5.56 Å². The van der Waals surface area contributed by atoms with Crippen LogP contribution in [0.1, 0.15) is 12.5 Å². The van der Waals surface area contributed by atoms with E-state index in [0.717, 1.165) is 5.56 Å². The van der Waals surface area contributed by atoms with E-state index in [2.05, 4.69) is 5.32 Å². The maximum absolute atomic E-state index is 11.3. The van der Waals surface area contributed by atoms with E-state index in [9.17, 15) is 20.1 Å². The Balaban J connectivity index is 2.07. The highest BCUT2D eigenvalue weighted by Gasteiger charge is 2.45. The van der Waals surface area contributed by atoms with Gasteiger partial charge in [-0.25, -0.2) is 0 Å². The lowest BCUT2D eigenvalue weighted by Gasteiger charge is -2.42. The molecule has 0 bridgehead atoms. The molecule has 2 rings (SSSR count). The Morgan fingerprint density at radius 3 is 2.55 bits per heavy atom. The van der Waals surface area contributed by atoms with Crippen LogP contribution in [0.25, 0.3) is 0 Å². The molecule has 1 aliphatic rings. The number of carbonyl (C=O) groups excluding carboxylic acids is 1. The Labute approximate surface area is 128 Å². The molecular formula is C15H21NO6. The van der Waals surface area contributed by atoms with Crippen LogP contribution in [0.3, 0.4) is 0 Å². The molecule has 1 unspecified atom stereocenters. The number of nitrogens with one attached hydrogen (secondary N) is 1. The Kier molecular flexibility index (Phi) is 5.87. The fourth-order valence-electron chi connectivity index (χ4n) is 2.37. The molecule has 7 nitrogen and oxygen atoms in total. The molecule has 1 heterocycles. The number of ether oxygens (including phenoxy) is 2. The average molecular weight is 311 g/mol. The zero-order valence-corrected chi connectivity index (χ0v) is 12.3. The van der Waals surface area contributed by atoms with E-state index in [0.29, 0.717) is 0 Å². The second kappa shape index (κ2) is 7.66. The fraction of sp³-hybridized carbons (Fsp3) is 0.533. The predicted molar refractivity (Wildman–Crippen MR) is 76.6 cm³/mol. The van der Waals surface area contributed by atoms with Crippen LogP contribution < -0.4 is 5.32 Å². The first-order valence-corrected chi connectivity index (χ1v) is 7.08. The molecule has 0 aliphatic carbocycles. The summed E-state index contributed by atoms with van der Waals surface area (Å²) < 4.78 is 11.1. The molecule has 0 spiro atoms. The molecule has 1 amide bonds. The molecule has 4 N–H and O–H groups in total. The lowest BCUT2D eigenvalue weighted by atomic mass is 9.97. The Morgan fingerprint density at radius 1 is 1.27 bits per heavy atom. The van der Waals surface area contributed by atoms with Gasteiger partial charge < -0.3 is 30.1 Å². The van der Waals surface area contributed by atoms with Gasteiger partial charge in [0.15, 0.2) is 6.29 Å². The summed E-state index contributed by atoms with van der Waals surface area (Å²) in [7, 11) is 0. The van der Waals surface area contributed by atoms with Crippen molar-refractivity contribution in [1.29, 1.82) is 0 Å². The summed E-state index contributed by atoms with van der Waals surface area (Å²) in [6, 6.07) is 8.42. The number of benzene rings is 1. The van der Waals surface area contributed by atoms with E-state index >= 15 is 0 Å². The SMILES string of the molecule is CC(=O)N[C@H]1C(OCc2ccccc2)O[C@H](CO)[C@@H](O)[C@@H]1O. The maximum atomic E-state index is 11.3. The second-order valence-electron chi connectivity index (χ2n) is 5.23. The monoisotopic (exact) mass is 311 g/mol. The quantitative estimate of drug-likeness (QED) is 0.564. The second-order valence-corrected chi connectivity index (χ2v) is 5.23. The number of rotatable bonds is 5. The average Bonchev–Trinajstić information content (AvgIpc) is 2.52. The van der Waals surface area contributed by atoms with E-state index in [1.54, 1.807) is 0 Å². The van der Waals surface area contributed by atoms with Crippen molar-refractivity contribution in [3.05, 3.63) is 35.9 Å². The van der Waals surface area contributed by atoms with E-state index in [4.69, 9.17) is 9.47 Å². The largest absolute Gasteiger partial charge is 0.394 e. The van der Waals surface area contributed by atoms with Gasteiger partial charge in [0, 0.05) is 6.92 Å². The Morgan fingerprint density at radius 2 is 1.95 bits per heavy atom. The van der Waals surface area contributed by atoms with Crippen LogP contribution in [-0.4, -0.2) is 58.5 Å². The lowest BCUT2D eigenvalue weighted by Crippen LogP contribution is -2.64. The molecule has 0 aromatic heterocycles. The smallest absolute Gasteiger partial charge is 0.217 e. The zero-order valence-electron chi connectivity index (χ0n) is 12.3. The van der Waals surface area contributed by atoms with Crippen molar-refractivity contribution in [2.45, 2.75) is 44.2 Å². The van der Waals surface area contributed by atoms with Crippen LogP contribution in [0, 0.1) is 0 Å². The van der Waals surface area contributed by atoms with E-state index < -0.39 is 37.3 Å². The van der Waals surface area contributed by atoms with Crippen molar-refractivity contribution in [1.82, 2.24) is 5.32 Å². The maximum Gasteiger partial charge on any atom is 0.217 e. The van der Waals surface area contributed by atoms with Gasteiger partial charge in [0.05, 0.1) is 13.2 Å². The first kappa shape index (κ1) is 16.9. The molecule has 1 aliphatic heterocycles. The molecule has 0 saturated carbocycles. The number of carbonyl (C=O) groups is 1. The van der Waals surface area contributed by atoms with Gasteiger partial charge in [0.2, 0.25) is 5.91 Å². The Hall–Kier alpha value is -1.51. The number of hydrogen-bond donors (Lipinski definition) is 4. The minimum absolute atomic E-state index is 0.211.